The zero-order valence-electron chi connectivity index (χ0n) is 13.7. The van der Waals surface area contributed by atoms with Crippen molar-refractivity contribution in [2.24, 2.45) is 5.73 Å². The summed E-state index contributed by atoms with van der Waals surface area (Å²) in [6, 6.07) is 9.68. The monoisotopic (exact) mass is 354 g/mol. The van der Waals surface area contributed by atoms with Gasteiger partial charge < -0.3 is 5.73 Å². The first-order valence-electron chi connectivity index (χ1n) is 8.46. The van der Waals surface area contributed by atoms with E-state index in [1.807, 2.05) is 35.0 Å². The standard InChI is InChI=1S/C18H19ClN6/c19-13-6-9-16(22-11-13)25-18(12-4-7-14(20)8-5-12)23-17(24-25)15-3-1-2-10-21-15/h1-3,6,9-12,14H,4-5,7-8,20H2. The van der Waals surface area contributed by atoms with E-state index in [1.165, 1.54) is 0 Å². The Morgan fingerprint density at radius 1 is 1.04 bits per heavy atom. The number of aromatic nitrogens is 5. The second-order valence-electron chi connectivity index (χ2n) is 6.37. The van der Waals surface area contributed by atoms with Crippen molar-refractivity contribution in [1.82, 2.24) is 24.7 Å². The summed E-state index contributed by atoms with van der Waals surface area (Å²) in [4.78, 5) is 13.6. The van der Waals surface area contributed by atoms with Crippen LogP contribution in [0.1, 0.15) is 37.4 Å². The molecule has 0 aromatic carbocycles. The number of halogens is 1. The molecule has 1 saturated carbocycles. The first kappa shape index (κ1) is 16.2. The number of rotatable bonds is 3. The molecule has 0 unspecified atom stereocenters. The minimum absolute atomic E-state index is 0.288. The van der Waals surface area contributed by atoms with E-state index in [-0.39, 0.29) is 6.04 Å². The molecule has 128 valence electrons. The lowest BCUT2D eigenvalue weighted by molar-refractivity contribution is 0.380. The van der Waals surface area contributed by atoms with Gasteiger partial charge in [-0.15, -0.1) is 5.10 Å². The molecule has 4 rings (SSSR count). The van der Waals surface area contributed by atoms with Crippen LogP contribution in [0, 0.1) is 0 Å². The fourth-order valence-electron chi connectivity index (χ4n) is 3.23. The van der Waals surface area contributed by atoms with Crippen molar-refractivity contribution in [3.8, 4) is 17.3 Å². The molecule has 3 aromatic rings. The van der Waals surface area contributed by atoms with Gasteiger partial charge in [-0.3, -0.25) is 4.98 Å². The molecule has 3 aromatic heterocycles. The molecule has 0 saturated heterocycles. The van der Waals surface area contributed by atoms with Crippen LogP contribution in [0.4, 0.5) is 0 Å². The third-order valence-electron chi connectivity index (χ3n) is 4.59. The molecule has 0 amide bonds. The summed E-state index contributed by atoms with van der Waals surface area (Å²) in [5.41, 5.74) is 6.81. The summed E-state index contributed by atoms with van der Waals surface area (Å²) < 4.78 is 1.82. The van der Waals surface area contributed by atoms with E-state index in [4.69, 9.17) is 22.3 Å². The lowest BCUT2D eigenvalue weighted by Crippen LogP contribution is -2.26. The number of hydrogen-bond acceptors (Lipinski definition) is 5. The van der Waals surface area contributed by atoms with Gasteiger partial charge >= 0.3 is 0 Å². The molecule has 1 aliphatic rings. The first-order chi connectivity index (χ1) is 12.2. The highest BCUT2D eigenvalue weighted by atomic mass is 35.5. The molecule has 1 fully saturated rings. The van der Waals surface area contributed by atoms with E-state index in [2.05, 4.69) is 15.1 Å². The van der Waals surface area contributed by atoms with Crippen LogP contribution in [0.25, 0.3) is 17.3 Å². The molecule has 0 spiro atoms. The largest absolute Gasteiger partial charge is 0.328 e. The maximum absolute atomic E-state index is 6.06. The maximum Gasteiger partial charge on any atom is 0.200 e. The third kappa shape index (κ3) is 3.41. The fourth-order valence-corrected chi connectivity index (χ4v) is 3.34. The summed E-state index contributed by atoms with van der Waals surface area (Å²) in [6.45, 7) is 0. The zero-order chi connectivity index (χ0) is 17.2. The normalized spacial score (nSPS) is 20.6. The average Bonchev–Trinajstić information content (AvgIpc) is 3.09. The molecule has 0 atom stereocenters. The van der Waals surface area contributed by atoms with Crippen molar-refractivity contribution in [2.75, 3.05) is 0 Å². The van der Waals surface area contributed by atoms with Crippen molar-refractivity contribution in [3.05, 3.63) is 53.6 Å². The molecule has 7 heteroatoms. The van der Waals surface area contributed by atoms with E-state index in [1.54, 1.807) is 12.4 Å². The topological polar surface area (TPSA) is 82.5 Å². The first-order valence-corrected chi connectivity index (χ1v) is 8.84. The Labute approximate surface area is 151 Å². The number of pyridine rings is 2. The van der Waals surface area contributed by atoms with Crippen LogP contribution in [0.5, 0.6) is 0 Å². The van der Waals surface area contributed by atoms with Crippen LogP contribution < -0.4 is 5.73 Å². The molecule has 0 aliphatic heterocycles. The van der Waals surface area contributed by atoms with Gasteiger partial charge in [0.15, 0.2) is 5.82 Å². The molecule has 3 heterocycles. The van der Waals surface area contributed by atoms with Gasteiger partial charge in [0.25, 0.3) is 0 Å². The summed E-state index contributed by atoms with van der Waals surface area (Å²) in [6.07, 6.45) is 7.40. The van der Waals surface area contributed by atoms with E-state index in [0.717, 1.165) is 37.2 Å². The van der Waals surface area contributed by atoms with Gasteiger partial charge in [-0.2, -0.15) is 4.68 Å². The van der Waals surface area contributed by atoms with Gasteiger partial charge in [0, 0.05) is 24.4 Å². The highest BCUT2D eigenvalue weighted by Crippen LogP contribution is 2.33. The summed E-state index contributed by atoms with van der Waals surface area (Å²) >= 11 is 5.97. The van der Waals surface area contributed by atoms with Gasteiger partial charge in [-0.25, -0.2) is 9.97 Å². The SMILES string of the molecule is NC1CCC(c2nc(-c3ccccn3)nn2-c2ccc(Cl)cn2)CC1. The molecule has 1 aliphatic carbocycles. The van der Waals surface area contributed by atoms with Crippen LogP contribution in [0.2, 0.25) is 5.02 Å². The molecule has 0 bridgehead atoms. The van der Waals surface area contributed by atoms with E-state index in [0.29, 0.717) is 22.6 Å². The van der Waals surface area contributed by atoms with Crippen LogP contribution in [0.3, 0.4) is 0 Å². The Balaban J connectivity index is 1.77. The third-order valence-corrected chi connectivity index (χ3v) is 4.82. The zero-order valence-corrected chi connectivity index (χ0v) is 14.5. The predicted molar refractivity (Wildman–Crippen MR) is 96.6 cm³/mol. The number of hydrogen-bond donors (Lipinski definition) is 1. The lowest BCUT2D eigenvalue weighted by atomic mass is 9.86. The van der Waals surface area contributed by atoms with Gasteiger partial charge in [-0.1, -0.05) is 17.7 Å². The quantitative estimate of drug-likeness (QED) is 0.779. The van der Waals surface area contributed by atoms with E-state index < -0.39 is 0 Å². The predicted octanol–water partition coefficient (Wildman–Crippen LogP) is 3.36. The Morgan fingerprint density at radius 2 is 1.88 bits per heavy atom. The molecule has 2 N–H and O–H groups in total. The number of nitrogens with two attached hydrogens (primary N) is 1. The van der Waals surface area contributed by atoms with E-state index in [9.17, 15) is 0 Å². The Kier molecular flexibility index (Phi) is 4.46. The number of nitrogens with zero attached hydrogens (tertiary/aromatic N) is 5. The van der Waals surface area contributed by atoms with Crippen LogP contribution in [0.15, 0.2) is 42.7 Å². The molecule has 25 heavy (non-hydrogen) atoms. The molecular formula is C18H19ClN6. The lowest BCUT2D eigenvalue weighted by Gasteiger charge is -2.25. The second kappa shape index (κ2) is 6.90. The van der Waals surface area contributed by atoms with Crippen molar-refractivity contribution >= 4 is 11.6 Å². The van der Waals surface area contributed by atoms with E-state index >= 15 is 0 Å². The van der Waals surface area contributed by atoms with Crippen molar-refractivity contribution in [1.29, 1.82) is 0 Å². The average molecular weight is 355 g/mol. The Bertz CT molecular complexity index is 838. The Hall–Kier alpha value is -2.31. The van der Waals surface area contributed by atoms with Crippen LogP contribution in [-0.2, 0) is 0 Å². The summed E-state index contributed by atoms with van der Waals surface area (Å²) in [7, 11) is 0. The minimum Gasteiger partial charge on any atom is -0.328 e. The second-order valence-corrected chi connectivity index (χ2v) is 6.80. The van der Waals surface area contributed by atoms with Crippen LogP contribution in [-0.4, -0.2) is 30.8 Å². The van der Waals surface area contributed by atoms with Crippen molar-refractivity contribution < 1.29 is 0 Å². The molecule has 6 nitrogen and oxygen atoms in total. The maximum atomic E-state index is 6.06. The van der Waals surface area contributed by atoms with Crippen molar-refractivity contribution in [2.45, 2.75) is 37.6 Å². The van der Waals surface area contributed by atoms with Gasteiger partial charge in [0.1, 0.15) is 11.5 Å². The molecular weight excluding hydrogens is 336 g/mol. The van der Waals surface area contributed by atoms with Crippen LogP contribution >= 0.6 is 11.6 Å². The highest BCUT2D eigenvalue weighted by molar-refractivity contribution is 6.30. The van der Waals surface area contributed by atoms with Gasteiger partial charge in [-0.05, 0) is 49.9 Å². The smallest absolute Gasteiger partial charge is 0.200 e. The van der Waals surface area contributed by atoms with Gasteiger partial charge in [0.05, 0.1) is 5.02 Å². The summed E-state index contributed by atoms with van der Waals surface area (Å²) in [5.74, 6) is 2.57. The molecule has 0 radical (unpaired) electrons. The van der Waals surface area contributed by atoms with Crippen molar-refractivity contribution in [3.63, 3.8) is 0 Å². The highest BCUT2D eigenvalue weighted by Gasteiger charge is 2.26. The van der Waals surface area contributed by atoms with Gasteiger partial charge in [0.2, 0.25) is 5.82 Å². The summed E-state index contributed by atoms with van der Waals surface area (Å²) in [5, 5.41) is 5.28. The fraction of sp³-hybridized carbons (Fsp3) is 0.333. The Morgan fingerprint density at radius 3 is 2.56 bits per heavy atom. The minimum atomic E-state index is 0.288.